The molecule has 1 aliphatic heterocycles. The summed E-state index contributed by atoms with van der Waals surface area (Å²) in [5.41, 5.74) is 1.06. The molecule has 0 spiro atoms. The largest absolute Gasteiger partial charge is 0.496 e. The third kappa shape index (κ3) is 4.24. The van der Waals surface area contributed by atoms with Crippen molar-refractivity contribution in [2.24, 2.45) is 0 Å². The second kappa shape index (κ2) is 7.48. The lowest BCUT2D eigenvalue weighted by Gasteiger charge is -2.21. The number of dihydropyridines is 1. The van der Waals surface area contributed by atoms with E-state index in [1.807, 2.05) is 0 Å². The molecule has 9 heteroatoms. The van der Waals surface area contributed by atoms with Crippen molar-refractivity contribution in [2.45, 2.75) is 17.5 Å². The van der Waals surface area contributed by atoms with Crippen LogP contribution in [0.2, 0.25) is 5.02 Å². The van der Waals surface area contributed by atoms with Crippen LogP contribution in [0.25, 0.3) is 0 Å². The summed E-state index contributed by atoms with van der Waals surface area (Å²) in [6.45, 7) is 0. The van der Waals surface area contributed by atoms with Crippen LogP contribution in [0.1, 0.15) is 15.9 Å². The number of methoxy groups -OCH3 is 1. The average molecular weight is 426 g/mol. The van der Waals surface area contributed by atoms with Gasteiger partial charge in [0.15, 0.2) is 0 Å². The van der Waals surface area contributed by atoms with E-state index in [4.69, 9.17) is 16.3 Å². The predicted octanol–water partition coefficient (Wildman–Crippen LogP) is 3.91. The number of carbonyl (C=O) groups excluding carboxylic acids is 1. The Kier molecular flexibility index (Phi) is 5.82. The van der Waals surface area contributed by atoms with Gasteiger partial charge in [-0.1, -0.05) is 33.6 Å². The quantitative estimate of drug-likeness (QED) is 0.719. The lowest BCUT2D eigenvalue weighted by atomic mass is 10.1. The number of hydrogen-bond acceptors (Lipinski definition) is 3. The topological polar surface area (TPSA) is 50.4 Å². The van der Waals surface area contributed by atoms with E-state index in [1.54, 1.807) is 6.07 Å². The number of rotatable bonds is 4. The van der Waals surface area contributed by atoms with E-state index in [0.717, 1.165) is 12.3 Å². The maximum absolute atomic E-state index is 12.6. The fourth-order valence-electron chi connectivity index (χ4n) is 2.12. The van der Waals surface area contributed by atoms with E-state index in [0.29, 0.717) is 21.7 Å². The van der Waals surface area contributed by atoms with Crippen molar-refractivity contribution in [2.75, 3.05) is 7.11 Å². The normalized spacial score (nSPS) is 17.1. The second-order valence-corrected chi connectivity index (χ2v) is 5.88. The molecule has 1 amide bonds. The highest BCUT2D eigenvalue weighted by atomic mass is 79.9. The molecule has 0 aromatic heterocycles. The number of hydrogen-bond donors (Lipinski definition) is 2. The van der Waals surface area contributed by atoms with Gasteiger partial charge in [0.25, 0.3) is 5.91 Å². The maximum atomic E-state index is 12.6. The molecule has 2 N–H and O–H groups in total. The molecular formula is C15H13BrClF3N2O2. The molecule has 1 aromatic carbocycles. The first-order valence-electron chi connectivity index (χ1n) is 6.71. The standard InChI is InChI=1S/C15H13BrClF3N2O2/c1-24-13-8(6-16)4-9(17)5-11(13)14(23)22-10-2-3-12(21-7-10)15(18,19)20/h2-5,7,12,21H,6H2,1H3,(H,22,23). The molecule has 0 aliphatic carbocycles. The van der Waals surface area contributed by atoms with Crippen LogP contribution >= 0.6 is 27.5 Å². The van der Waals surface area contributed by atoms with Gasteiger partial charge < -0.3 is 15.4 Å². The Labute approximate surface area is 149 Å². The first kappa shape index (κ1) is 18.7. The molecule has 4 nitrogen and oxygen atoms in total. The number of ether oxygens (including phenoxy) is 1. The third-order valence-electron chi connectivity index (χ3n) is 3.22. The number of halogens is 5. The highest BCUT2D eigenvalue weighted by Gasteiger charge is 2.38. The van der Waals surface area contributed by atoms with Gasteiger partial charge in [0.05, 0.1) is 18.4 Å². The number of benzene rings is 1. The van der Waals surface area contributed by atoms with Gasteiger partial charge in [-0.15, -0.1) is 0 Å². The molecule has 0 saturated carbocycles. The first-order valence-corrected chi connectivity index (χ1v) is 8.21. The minimum Gasteiger partial charge on any atom is -0.496 e. The smallest absolute Gasteiger partial charge is 0.412 e. The summed E-state index contributed by atoms with van der Waals surface area (Å²) in [5.74, 6) is -0.199. The molecule has 1 aliphatic rings. The van der Waals surface area contributed by atoms with Crippen molar-refractivity contribution in [3.63, 3.8) is 0 Å². The van der Waals surface area contributed by atoms with Crippen LogP contribution < -0.4 is 15.4 Å². The average Bonchev–Trinajstić information content (AvgIpc) is 2.53. The summed E-state index contributed by atoms with van der Waals surface area (Å²) in [4.78, 5) is 12.4. The van der Waals surface area contributed by atoms with Gasteiger partial charge >= 0.3 is 6.18 Å². The molecule has 0 radical (unpaired) electrons. The fourth-order valence-corrected chi connectivity index (χ4v) is 2.78. The van der Waals surface area contributed by atoms with Crippen LogP contribution in [0.3, 0.4) is 0 Å². The van der Waals surface area contributed by atoms with E-state index in [9.17, 15) is 18.0 Å². The predicted molar refractivity (Wildman–Crippen MR) is 88.3 cm³/mol. The molecule has 1 atom stereocenters. The minimum atomic E-state index is -4.40. The Morgan fingerprint density at radius 1 is 1.46 bits per heavy atom. The highest BCUT2D eigenvalue weighted by molar-refractivity contribution is 9.08. The summed E-state index contributed by atoms with van der Waals surface area (Å²) >= 11 is 9.27. The third-order valence-corrected chi connectivity index (χ3v) is 4.04. The molecule has 0 saturated heterocycles. The van der Waals surface area contributed by atoms with Crippen LogP contribution in [0.5, 0.6) is 5.75 Å². The number of allylic oxidation sites excluding steroid dienone is 1. The molecule has 0 fully saturated rings. The molecule has 130 valence electrons. The molecular weight excluding hydrogens is 413 g/mol. The van der Waals surface area contributed by atoms with Gasteiger partial charge in [-0.2, -0.15) is 13.2 Å². The van der Waals surface area contributed by atoms with Gasteiger partial charge in [0, 0.05) is 22.1 Å². The van der Waals surface area contributed by atoms with Crippen molar-refractivity contribution in [3.8, 4) is 5.75 Å². The zero-order valence-electron chi connectivity index (χ0n) is 12.4. The van der Waals surface area contributed by atoms with Crippen LogP contribution in [0.4, 0.5) is 13.2 Å². The lowest BCUT2D eigenvalue weighted by Crippen LogP contribution is -2.40. The van der Waals surface area contributed by atoms with Gasteiger partial charge in [-0.25, -0.2) is 0 Å². The Bertz CT molecular complexity index is 705. The molecule has 24 heavy (non-hydrogen) atoms. The van der Waals surface area contributed by atoms with Crippen molar-refractivity contribution >= 4 is 33.4 Å². The monoisotopic (exact) mass is 424 g/mol. The zero-order chi connectivity index (χ0) is 17.9. The SMILES string of the molecule is COc1c(CBr)cc(Cl)cc1C(=O)NC1=CNC(C(F)(F)F)C=C1. The summed E-state index contributed by atoms with van der Waals surface area (Å²) in [6.07, 6.45) is -1.19. The van der Waals surface area contributed by atoms with Gasteiger partial charge in [0.1, 0.15) is 11.8 Å². The summed E-state index contributed by atoms with van der Waals surface area (Å²) in [6, 6.07) is 1.31. The van der Waals surface area contributed by atoms with E-state index in [-0.39, 0.29) is 11.3 Å². The maximum Gasteiger partial charge on any atom is 0.412 e. The second-order valence-electron chi connectivity index (χ2n) is 4.88. The summed E-state index contributed by atoms with van der Waals surface area (Å²) in [7, 11) is 1.42. The molecule has 1 unspecified atom stereocenters. The molecule has 0 bridgehead atoms. The number of carbonyl (C=O) groups is 1. The van der Waals surface area contributed by atoms with E-state index in [2.05, 4.69) is 26.6 Å². The summed E-state index contributed by atoms with van der Waals surface area (Å²) in [5, 5.41) is 5.46. The zero-order valence-corrected chi connectivity index (χ0v) is 14.7. The number of alkyl halides is 4. The van der Waals surface area contributed by atoms with E-state index < -0.39 is 18.1 Å². The highest BCUT2D eigenvalue weighted by Crippen LogP contribution is 2.30. The fraction of sp³-hybridized carbons (Fsp3) is 0.267. The van der Waals surface area contributed by atoms with Crippen molar-refractivity contribution in [1.82, 2.24) is 10.6 Å². The number of amides is 1. The molecule has 1 heterocycles. The van der Waals surface area contributed by atoms with Crippen molar-refractivity contribution < 1.29 is 22.7 Å². The van der Waals surface area contributed by atoms with Gasteiger partial charge in [0.2, 0.25) is 0 Å². The first-order chi connectivity index (χ1) is 11.3. The van der Waals surface area contributed by atoms with E-state index in [1.165, 1.54) is 19.3 Å². The minimum absolute atomic E-state index is 0.187. The van der Waals surface area contributed by atoms with Crippen LogP contribution in [-0.4, -0.2) is 25.2 Å². The van der Waals surface area contributed by atoms with Crippen LogP contribution in [-0.2, 0) is 5.33 Å². The van der Waals surface area contributed by atoms with Gasteiger partial charge in [-0.05, 0) is 18.2 Å². The Morgan fingerprint density at radius 2 is 2.17 bits per heavy atom. The Hall–Kier alpha value is -1.67. The van der Waals surface area contributed by atoms with Crippen LogP contribution in [0.15, 0.2) is 36.2 Å². The van der Waals surface area contributed by atoms with Crippen molar-refractivity contribution in [1.29, 1.82) is 0 Å². The van der Waals surface area contributed by atoms with E-state index >= 15 is 0 Å². The molecule has 1 aromatic rings. The molecule has 2 rings (SSSR count). The summed E-state index contributed by atoms with van der Waals surface area (Å²) < 4.78 is 42.9. The Morgan fingerprint density at radius 3 is 2.67 bits per heavy atom. The Balaban J connectivity index is 2.19. The number of nitrogens with one attached hydrogen (secondary N) is 2. The van der Waals surface area contributed by atoms with Gasteiger partial charge in [-0.3, -0.25) is 4.79 Å². The van der Waals surface area contributed by atoms with Crippen LogP contribution in [0, 0.1) is 0 Å². The van der Waals surface area contributed by atoms with Crippen molar-refractivity contribution in [3.05, 3.63) is 52.3 Å². The lowest BCUT2D eigenvalue weighted by molar-refractivity contribution is -0.142.